The van der Waals surface area contributed by atoms with Crippen molar-refractivity contribution in [3.8, 4) is 11.1 Å². The molecule has 0 bridgehead atoms. The van der Waals surface area contributed by atoms with Crippen LogP contribution in [0.4, 0.5) is 0 Å². The van der Waals surface area contributed by atoms with Gasteiger partial charge in [0.25, 0.3) is 5.91 Å². The molecule has 5 nitrogen and oxygen atoms in total. The summed E-state index contributed by atoms with van der Waals surface area (Å²) in [5.41, 5.74) is 2.68. The Bertz CT molecular complexity index is 997. The first-order chi connectivity index (χ1) is 12.3. The van der Waals surface area contributed by atoms with E-state index in [0.29, 0.717) is 18.7 Å². The number of carbonyl (C=O) groups excluding carboxylic acids is 1. The average molecular weight is 331 g/mol. The number of fused-ring (bicyclic) bond motifs is 1. The number of carbonyl (C=O) groups is 1. The van der Waals surface area contributed by atoms with Crippen LogP contribution >= 0.6 is 0 Å². The predicted octanol–water partition coefficient (Wildman–Crippen LogP) is 3.73. The molecule has 0 aliphatic rings. The van der Waals surface area contributed by atoms with E-state index >= 15 is 0 Å². The number of benzene rings is 2. The molecule has 0 atom stereocenters. The highest BCUT2D eigenvalue weighted by Gasteiger charge is 2.09. The van der Waals surface area contributed by atoms with E-state index in [1.807, 2.05) is 59.4 Å². The van der Waals surface area contributed by atoms with E-state index < -0.39 is 0 Å². The smallest absolute Gasteiger partial charge is 0.251 e. The van der Waals surface area contributed by atoms with Crippen LogP contribution in [0, 0.1) is 0 Å². The summed E-state index contributed by atoms with van der Waals surface area (Å²) in [7, 11) is 0. The van der Waals surface area contributed by atoms with Gasteiger partial charge in [-0.3, -0.25) is 9.48 Å². The maximum absolute atomic E-state index is 12.5. The van der Waals surface area contributed by atoms with Crippen LogP contribution < -0.4 is 5.32 Å². The van der Waals surface area contributed by atoms with Gasteiger partial charge in [-0.2, -0.15) is 5.10 Å². The van der Waals surface area contributed by atoms with Gasteiger partial charge in [-0.15, -0.1) is 0 Å². The van der Waals surface area contributed by atoms with Crippen LogP contribution in [-0.2, 0) is 6.54 Å². The van der Waals surface area contributed by atoms with Crippen molar-refractivity contribution in [2.75, 3.05) is 6.54 Å². The molecule has 0 saturated carbocycles. The first-order valence-electron chi connectivity index (χ1n) is 8.12. The Morgan fingerprint density at radius 1 is 1.08 bits per heavy atom. The minimum absolute atomic E-state index is 0.0704. The number of nitrogens with zero attached hydrogens (tertiary/aromatic N) is 2. The standard InChI is InChI=1S/C20H17N3O2/c24-20(19-7-3-5-15-4-1-2-6-18(15)19)21-9-10-23-13-17(12-22-23)16-8-11-25-14-16/h1-8,11-14H,9-10H2,(H,21,24). The van der Waals surface area contributed by atoms with Crippen LogP contribution in [0.25, 0.3) is 21.9 Å². The number of furan rings is 1. The lowest BCUT2D eigenvalue weighted by molar-refractivity contribution is 0.0953. The Morgan fingerprint density at radius 3 is 2.84 bits per heavy atom. The highest BCUT2D eigenvalue weighted by atomic mass is 16.3. The Morgan fingerprint density at radius 2 is 1.96 bits per heavy atom. The number of aromatic nitrogens is 2. The molecule has 4 rings (SSSR count). The molecule has 2 aromatic heterocycles. The molecule has 0 fully saturated rings. The molecular formula is C20H17N3O2. The molecular weight excluding hydrogens is 314 g/mol. The number of rotatable bonds is 5. The normalized spacial score (nSPS) is 10.9. The number of hydrogen-bond acceptors (Lipinski definition) is 3. The maximum atomic E-state index is 12.5. The molecule has 0 radical (unpaired) electrons. The van der Waals surface area contributed by atoms with Crippen molar-refractivity contribution in [3.63, 3.8) is 0 Å². The Kier molecular flexibility index (Phi) is 4.04. The van der Waals surface area contributed by atoms with E-state index in [1.165, 1.54) is 0 Å². The van der Waals surface area contributed by atoms with Gasteiger partial charge in [0, 0.05) is 29.4 Å². The average Bonchev–Trinajstić information content (AvgIpc) is 3.32. The Balaban J connectivity index is 1.41. The zero-order valence-corrected chi connectivity index (χ0v) is 13.6. The van der Waals surface area contributed by atoms with Crippen molar-refractivity contribution in [2.45, 2.75) is 6.54 Å². The van der Waals surface area contributed by atoms with E-state index in [4.69, 9.17) is 4.42 Å². The molecule has 5 heteroatoms. The van der Waals surface area contributed by atoms with Crippen LogP contribution in [0.2, 0.25) is 0 Å². The first kappa shape index (κ1) is 15.2. The molecule has 0 aliphatic carbocycles. The van der Waals surface area contributed by atoms with Gasteiger partial charge in [0.15, 0.2) is 0 Å². The molecule has 124 valence electrons. The van der Waals surface area contributed by atoms with Crippen LogP contribution in [0.1, 0.15) is 10.4 Å². The van der Waals surface area contributed by atoms with Crippen molar-refractivity contribution >= 4 is 16.7 Å². The molecule has 4 aromatic rings. The van der Waals surface area contributed by atoms with Gasteiger partial charge in [0.2, 0.25) is 0 Å². The molecule has 25 heavy (non-hydrogen) atoms. The van der Waals surface area contributed by atoms with Gasteiger partial charge >= 0.3 is 0 Å². The fourth-order valence-electron chi connectivity index (χ4n) is 2.87. The lowest BCUT2D eigenvalue weighted by Crippen LogP contribution is -2.27. The molecule has 2 heterocycles. The van der Waals surface area contributed by atoms with Gasteiger partial charge in [0.1, 0.15) is 0 Å². The second-order valence-electron chi connectivity index (χ2n) is 5.79. The van der Waals surface area contributed by atoms with Crippen molar-refractivity contribution in [1.82, 2.24) is 15.1 Å². The van der Waals surface area contributed by atoms with E-state index in [0.717, 1.165) is 21.9 Å². The van der Waals surface area contributed by atoms with Crippen molar-refractivity contribution in [2.24, 2.45) is 0 Å². The van der Waals surface area contributed by atoms with E-state index in [-0.39, 0.29) is 5.91 Å². The van der Waals surface area contributed by atoms with Crippen molar-refractivity contribution in [3.05, 3.63) is 79.0 Å². The summed E-state index contributed by atoms with van der Waals surface area (Å²) in [5, 5.41) is 9.30. The fraction of sp³-hybridized carbons (Fsp3) is 0.100. The monoisotopic (exact) mass is 331 g/mol. The second-order valence-corrected chi connectivity index (χ2v) is 5.79. The molecule has 2 aromatic carbocycles. The molecule has 0 aliphatic heterocycles. The topological polar surface area (TPSA) is 60.1 Å². The third-order valence-corrected chi connectivity index (χ3v) is 4.15. The largest absolute Gasteiger partial charge is 0.472 e. The van der Waals surface area contributed by atoms with E-state index in [2.05, 4.69) is 10.4 Å². The Hall–Kier alpha value is -3.34. The molecule has 1 N–H and O–H groups in total. The number of amides is 1. The van der Waals surface area contributed by atoms with Gasteiger partial charge in [0.05, 0.1) is 25.3 Å². The molecule has 1 amide bonds. The lowest BCUT2D eigenvalue weighted by Gasteiger charge is -2.08. The zero-order chi connectivity index (χ0) is 17.1. The molecule has 0 unspecified atom stereocenters. The van der Waals surface area contributed by atoms with Gasteiger partial charge < -0.3 is 9.73 Å². The quantitative estimate of drug-likeness (QED) is 0.606. The summed E-state index contributed by atoms with van der Waals surface area (Å²) in [4.78, 5) is 12.5. The van der Waals surface area contributed by atoms with Crippen LogP contribution in [0.15, 0.2) is 77.9 Å². The summed E-state index contributed by atoms with van der Waals surface area (Å²) >= 11 is 0. The predicted molar refractivity (Wildman–Crippen MR) is 96.2 cm³/mol. The lowest BCUT2D eigenvalue weighted by atomic mass is 10.0. The maximum Gasteiger partial charge on any atom is 0.251 e. The second kappa shape index (κ2) is 6.65. The first-order valence-corrected chi connectivity index (χ1v) is 8.12. The third kappa shape index (κ3) is 3.17. The van der Waals surface area contributed by atoms with Gasteiger partial charge in [-0.05, 0) is 22.9 Å². The van der Waals surface area contributed by atoms with Crippen LogP contribution in [0.5, 0.6) is 0 Å². The molecule has 0 saturated heterocycles. The summed E-state index contributed by atoms with van der Waals surface area (Å²) < 4.78 is 6.89. The minimum Gasteiger partial charge on any atom is -0.472 e. The van der Waals surface area contributed by atoms with Crippen LogP contribution in [-0.4, -0.2) is 22.2 Å². The van der Waals surface area contributed by atoms with Crippen molar-refractivity contribution in [1.29, 1.82) is 0 Å². The summed E-state index contributed by atoms with van der Waals surface area (Å²) in [6, 6.07) is 15.5. The van der Waals surface area contributed by atoms with E-state index in [1.54, 1.807) is 18.7 Å². The minimum atomic E-state index is -0.0704. The van der Waals surface area contributed by atoms with Crippen LogP contribution in [0.3, 0.4) is 0 Å². The molecule has 0 spiro atoms. The van der Waals surface area contributed by atoms with Gasteiger partial charge in [-0.25, -0.2) is 0 Å². The third-order valence-electron chi connectivity index (χ3n) is 4.15. The Labute approximate surface area is 144 Å². The fourth-order valence-corrected chi connectivity index (χ4v) is 2.87. The van der Waals surface area contributed by atoms with Gasteiger partial charge in [-0.1, -0.05) is 36.4 Å². The number of nitrogens with one attached hydrogen (secondary N) is 1. The van der Waals surface area contributed by atoms with E-state index in [9.17, 15) is 4.79 Å². The highest BCUT2D eigenvalue weighted by Crippen LogP contribution is 2.19. The SMILES string of the molecule is O=C(NCCn1cc(-c2ccoc2)cn1)c1cccc2ccccc12. The van der Waals surface area contributed by atoms with Crippen molar-refractivity contribution < 1.29 is 9.21 Å². The zero-order valence-electron chi connectivity index (χ0n) is 13.6. The summed E-state index contributed by atoms with van der Waals surface area (Å²) in [6.45, 7) is 1.11. The number of hydrogen-bond donors (Lipinski definition) is 1. The summed E-state index contributed by atoms with van der Waals surface area (Å²) in [6.07, 6.45) is 7.05. The highest BCUT2D eigenvalue weighted by molar-refractivity contribution is 6.06. The summed E-state index contributed by atoms with van der Waals surface area (Å²) in [5.74, 6) is -0.0704.